The van der Waals surface area contributed by atoms with E-state index in [-0.39, 0.29) is 53.8 Å². The summed E-state index contributed by atoms with van der Waals surface area (Å²) in [5, 5.41) is 8.57. The number of carbonyl (C=O) groups is 5. The van der Waals surface area contributed by atoms with Gasteiger partial charge in [-0.3, -0.25) is 28.9 Å². The van der Waals surface area contributed by atoms with Crippen molar-refractivity contribution >= 4 is 29.5 Å². The van der Waals surface area contributed by atoms with Crippen LogP contribution in [0.1, 0.15) is 73.3 Å². The number of rotatable bonds is 20. The number of likely N-dealkylation sites (N-methyl/N-ethyl adjacent to an activating group) is 3. The Morgan fingerprint density at radius 2 is 1.52 bits per heavy atom. The number of hydrogen-bond donors (Lipinski definition) is 3. The second-order valence-electron chi connectivity index (χ2n) is 15.4. The van der Waals surface area contributed by atoms with Crippen LogP contribution in [0.4, 0.5) is 0 Å². The Balaban J connectivity index is 2.29. The average molecular weight is 757 g/mol. The number of carbonyl (C=O) groups excluding carboxylic acids is 5. The Hall–Kier alpha value is -3.81. The summed E-state index contributed by atoms with van der Waals surface area (Å²) in [6.45, 7) is 13.8. The maximum absolute atomic E-state index is 14.2. The van der Waals surface area contributed by atoms with Gasteiger partial charge in [0.1, 0.15) is 12.1 Å². The predicted molar refractivity (Wildman–Crippen MR) is 211 cm³/mol. The lowest BCUT2D eigenvalue weighted by Gasteiger charge is -2.39. The largest absolute Gasteiger partial charge is 0.378 e. The maximum Gasteiger partial charge on any atom is 0.245 e. The fourth-order valence-electron chi connectivity index (χ4n) is 7.70. The predicted octanol–water partition coefficient (Wildman–Crippen LogP) is 3.03. The zero-order chi connectivity index (χ0) is 40.9. The van der Waals surface area contributed by atoms with E-state index in [0.717, 1.165) is 17.6 Å². The van der Waals surface area contributed by atoms with Crippen molar-refractivity contribution in [3.05, 3.63) is 47.5 Å². The molecule has 0 aliphatic carbocycles. The van der Waals surface area contributed by atoms with Crippen molar-refractivity contribution in [3.8, 4) is 0 Å². The van der Waals surface area contributed by atoms with Gasteiger partial charge in [-0.25, -0.2) is 0 Å². The summed E-state index contributed by atoms with van der Waals surface area (Å²) < 4.78 is 11.9. The zero-order valence-corrected chi connectivity index (χ0v) is 35.0. The fourth-order valence-corrected chi connectivity index (χ4v) is 7.70. The molecule has 1 aliphatic rings. The van der Waals surface area contributed by atoms with Crippen LogP contribution in [0.2, 0.25) is 0 Å². The Labute approximate surface area is 323 Å². The van der Waals surface area contributed by atoms with E-state index < -0.39 is 42.3 Å². The van der Waals surface area contributed by atoms with Crippen LogP contribution in [0.5, 0.6) is 0 Å². The van der Waals surface area contributed by atoms with E-state index in [1.165, 1.54) is 21.3 Å². The minimum atomic E-state index is -0.794. The van der Waals surface area contributed by atoms with E-state index in [1.54, 1.807) is 23.8 Å². The van der Waals surface area contributed by atoms with E-state index in [9.17, 15) is 24.0 Å². The molecular weight excluding hydrogens is 688 g/mol. The molecule has 2 rings (SSSR count). The molecular formula is C41H68N6O7. The summed E-state index contributed by atoms with van der Waals surface area (Å²) in [5.74, 6) is -2.17. The molecule has 0 bridgehead atoms. The third-order valence-electron chi connectivity index (χ3n) is 10.7. The minimum Gasteiger partial charge on any atom is -0.378 e. The minimum absolute atomic E-state index is 0.0257. The number of allylic oxidation sites excluding steroid dienone is 1. The van der Waals surface area contributed by atoms with E-state index in [1.807, 2.05) is 96.9 Å². The quantitative estimate of drug-likeness (QED) is 0.172. The van der Waals surface area contributed by atoms with Crippen molar-refractivity contribution in [1.82, 2.24) is 30.7 Å². The number of hydrogen-bond acceptors (Lipinski definition) is 8. The molecule has 0 aromatic heterocycles. The van der Waals surface area contributed by atoms with Crippen molar-refractivity contribution in [1.29, 1.82) is 0 Å². The summed E-state index contributed by atoms with van der Waals surface area (Å²) in [5.41, 5.74) is 1.75. The molecule has 1 unspecified atom stereocenters. The first-order valence-electron chi connectivity index (χ1n) is 19.2. The molecule has 1 fully saturated rings. The first-order chi connectivity index (χ1) is 25.4. The molecule has 54 heavy (non-hydrogen) atoms. The van der Waals surface area contributed by atoms with Crippen LogP contribution in [-0.2, 0) is 39.9 Å². The molecule has 0 spiro atoms. The third-order valence-corrected chi connectivity index (χ3v) is 10.7. The van der Waals surface area contributed by atoms with Crippen molar-refractivity contribution in [2.45, 2.75) is 117 Å². The van der Waals surface area contributed by atoms with Gasteiger partial charge < -0.3 is 35.2 Å². The average Bonchev–Trinajstić information content (AvgIpc) is 3.62. The number of likely N-dealkylation sites (tertiary alicyclic amines) is 1. The lowest BCUT2D eigenvalue weighted by molar-refractivity contribution is -0.145. The number of nitrogens with zero attached hydrogens (tertiary/aromatic N) is 3. The van der Waals surface area contributed by atoms with Gasteiger partial charge in [0, 0.05) is 41.3 Å². The van der Waals surface area contributed by atoms with Gasteiger partial charge in [-0.1, -0.05) is 76.6 Å². The molecule has 1 aliphatic heterocycles. The molecule has 3 N–H and O–H groups in total. The molecule has 304 valence electrons. The molecule has 0 radical (unpaired) electrons. The van der Waals surface area contributed by atoms with Crippen LogP contribution in [0.3, 0.4) is 0 Å². The van der Waals surface area contributed by atoms with Crippen LogP contribution < -0.4 is 16.0 Å². The summed E-state index contributed by atoms with van der Waals surface area (Å²) in [4.78, 5) is 73.5. The van der Waals surface area contributed by atoms with E-state index in [0.29, 0.717) is 19.4 Å². The molecule has 5 amide bonds. The third kappa shape index (κ3) is 12.1. The Morgan fingerprint density at radius 3 is 2.02 bits per heavy atom. The van der Waals surface area contributed by atoms with Gasteiger partial charge in [0.2, 0.25) is 29.5 Å². The van der Waals surface area contributed by atoms with Crippen molar-refractivity contribution < 1.29 is 33.4 Å². The molecule has 1 aromatic rings. The normalized spacial score (nSPS) is 18.8. The molecule has 13 heteroatoms. The lowest BCUT2D eigenvalue weighted by Crippen LogP contribution is -2.59. The van der Waals surface area contributed by atoms with Gasteiger partial charge >= 0.3 is 0 Å². The van der Waals surface area contributed by atoms with Gasteiger partial charge in [-0.2, -0.15) is 0 Å². The van der Waals surface area contributed by atoms with Gasteiger partial charge in [0.05, 0.1) is 42.7 Å². The molecule has 1 saturated heterocycles. The van der Waals surface area contributed by atoms with Crippen LogP contribution in [0, 0.1) is 17.8 Å². The zero-order valence-electron chi connectivity index (χ0n) is 35.0. The Bertz CT molecular complexity index is 1410. The van der Waals surface area contributed by atoms with Crippen LogP contribution in [0.25, 0.3) is 0 Å². The smallest absolute Gasteiger partial charge is 0.245 e. The van der Waals surface area contributed by atoms with E-state index in [4.69, 9.17) is 9.47 Å². The second-order valence-corrected chi connectivity index (χ2v) is 15.4. The van der Waals surface area contributed by atoms with Crippen LogP contribution >= 0.6 is 0 Å². The van der Waals surface area contributed by atoms with E-state index >= 15 is 0 Å². The second kappa shape index (κ2) is 21.9. The monoisotopic (exact) mass is 757 g/mol. The highest BCUT2D eigenvalue weighted by molar-refractivity contribution is 5.91. The maximum atomic E-state index is 14.2. The number of amides is 5. The molecule has 13 nitrogen and oxygen atoms in total. The highest BCUT2D eigenvalue weighted by atomic mass is 16.5. The Kier molecular flexibility index (Phi) is 18.8. The first-order valence-corrected chi connectivity index (χ1v) is 19.2. The van der Waals surface area contributed by atoms with Crippen molar-refractivity contribution in [2.75, 3.05) is 49.0 Å². The summed E-state index contributed by atoms with van der Waals surface area (Å²) in [6, 6.07) is 6.50. The fraction of sp³-hybridized carbons (Fsp3) is 0.683. The number of methoxy groups -OCH3 is 2. The number of nitrogens with one attached hydrogen (secondary N) is 3. The van der Waals surface area contributed by atoms with Gasteiger partial charge in [0.15, 0.2) is 0 Å². The SMILES string of the molecule is C/C=C(\C)[C@@H]([C@@H](CC(=O)N1CCC[C@H]1[C@H](OC)[C@@H](C)C(=O)NC(Cc1ccccc1)C(=O)NC)OC)N(C)C(=O)[C@@H](NC(=O)[C@H](C(C)C)N(C)C)C(C)C. The number of benzene rings is 1. The van der Waals surface area contributed by atoms with Crippen LogP contribution in [0.15, 0.2) is 42.0 Å². The molecule has 0 saturated carbocycles. The topological polar surface area (TPSA) is 150 Å². The summed E-state index contributed by atoms with van der Waals surface area (Å²) in [6.07, 6.45) is 2.23. The van der Waals surface area contributed by atoms with E-state index in [2.05, 4.69) is 16.0 Å². The summed E-state index contributed by atoms with van der Waals surface area (Å²) in [7, 11) is 9.98. The van der Waals surface area contributed by atoms with Gasteiger partial charge in [0.25, 0.3) is 0 Å². The van der Waals surface area contributed by atoms with Crippen molar-refractivity contribution in [3.63, 3.8) is 0 Å². The molecule has 1 heterocycles. The standard InChI is InChI=1S/C41H68N6O7/c1-14-27(6)36(46(11)41(52)34(25(2)3)44-40(51)35(26(4)5)45(9)10)32(53-12)24-33(48)47-22-18-21-31(47)37(54-13)28(7)38(49)43-30(39(50)42-8)23-29-19-16-15-17-20-29/h14-17,19-20,25-26,28,30-32,34-37H,18,21-24H2,1-13H3,(H,42,50)(H,43,49)(H,44,51)/b27-14+/t28-,30?,31+,32-,34+,35+,36+,37-/m1/s1. The Morgan fingerprint density at radius 1 is 0.889 bits per heavy atom. The highest BCUT2D eigenvalue weighted by Crippen LogP contribution is 2.29. The van der Waals surface area contributed by atoms with Gasteiger partial charge in [-0.05, 0) is 58.2 Å². The van der Waals surface area contributed by atoms with Gasteiger partial charge in [-0.15, -0.1) is 0 Å². The number of ether oxygens (including phenoxy) is 2. The van der Waals surface area contributed by atoms with Crippen molar-refractivity contribution in [2.24, 2.45) is 17.8 Å². The lowest BCUT2D eigenvalue weighted by atomic mass is 9.93. The summed E-state index contributed by atoms with van der Waals surface area (Å²) >= 11 is 0. The molecule has 1 aromatic carbocycles. The first kappa shape index (κ1) is 46.3. The molecule has 8 atom stereocenters. The van der Waals surface area contributed by atoms with Crippen LogP contribution in [-0.4, -0.2) is 136 Å². The highest BCUT2D eigenvalue weighted by Gasteiger charge is 2.43.